The van der Waals surface area contributed by atoms with Crippen molar-refractivity contribution in [3.8, 4) is 0 Å². The van der Waals surface area contributed by atoms with E-state index in [1.807, 2.05) is 31.2 Å². The van der Waals surface area contributed by atoms with Gasteiger partial charge in [0.25, 0.3) is 10.0 Å². The zero-order chi connectivity index (χ0) is 14.6. The van der Waals surface area contributed by atoms with E-state index in [4.69, 9.17) is 0 Å². The van der Waals surface area contributed by atoms with Crippen molar-refractivity contribution in [2.75, 3.05) is 0 Å². The SMILES string of the molecule is CCc1ccc(/C=N\S(=O)(=O)c2ccc(C)cc2)cc1. The Morgan fingerprint density at radius 3 is 2.15 bits per heavy atom. The van der Waals surface area contributed by atoms with Crippen molar-refractivity contribution >= 4 is 16.2 Å². The largest absolute Gasteiger partial charge is 0.282 e. The van der Waals surface area contributed by atoms with Crippen LogP contribution in [0.15, 0.2) is 57.8 Å². The minimum Gasteiger partial charge on any atom is -0.199 e. The average molecular weight is 287 g/mol. The molecule has 2 rings (SSSR count). The average Bonchev–Trinajstić information content (AvgIpc) is 2.46. The molecule has 0 heterocycles. The van der Waals surface area contributed by atoms with Gasteiger partial charge in [0.2, 0.25) is 0 Å². The highest BCUT2D eigenvalue weighted by Crippen LogP contribution is 2.13. The summed E-state index contributed by atoms with van der Waals surface area (Å²) in [6.45, 7) is 3.99. The third kappa shape index (κ3) is 3.54. The van der Waals surface area contributed by atoms with Crippen LogP contribution in [0, 0.1) is 6.92 Å². The lowest BCUT2D eigenvalue weighted by atomic mass is 10.1. The first-order valence-corrected chi connectivity index (χ1v) is 7.91. The molecule has 104 valence electrons. The molecule has 0 saturated heterocycles. The van der Waals surface area contributed by atoms with Gasteiger partial charge in [-0.15, -0.1) is 0 Å². The molecule has 0 radical (unpaired) electrons. The van der Waals surface area contributed by atoms with Crippen molar-refractivity contribution in [1.29, 1.82) is 0 Å². The molecule has 0 bridgehead atoms. The molecule has 0 spiro atoms. The molecular weight excluding hydrogens is 270 g/mol. The van der Waals surface area contributed by atoms with Crippen molar-refractivity contribution in [2.24, 2.45) is 4.40 Å². The fourth-order valence-electron chi connectivity index (χ4n) is 1.74. The summed E-state index contributed by atoms with van der Waals surface area (Å²) in [7, 11) is -3.62. The van der Waals surface area contributed by atoms with E-state index in [2.05, 4.69) is 11.3 Å². The summed E-state index contributed by atoms with van der Waals surface area (Å²) in [5.41, 5.74) is 3.00. The summed E-state index contributed by atoms with van der Waals surface area (Å²) in [6, 6.07) is 14.3. The lowest BCUT2D eigenvalue weighted by Crippen LogP contribution is -1.97. The number of nitrogens with zero attached hydrogens (tertiary/aromatic N) is 1. The van der Waals surface area contributed by atoms with Gasteiger partial charge in [-0.2, -0.15) is 12.8 Å². The van der Waals surface area contributed by atoms with E-state index in [0.717, 1.165) is 17.5 Å². The molecule has 0 fully saturated rings. The van der Waals surface area contributed by atoms with Crippen molar-refractivity contribution in [3.63, 3.8) is 0 Å². The molecule has 0 aliphatic heterocycles. The van der Waals surface area contributed by atoms with Gasteiger partial charge in [0, 0.05) is 6.21 Å². The van der Waals surface area contributed by atoms with Crippen LogP contribution in [-0.4, -0.2) is 14.6 Å². The zero-order valence-electron chi connectivity index (χ0n) is 11.6. The van der Waals surface area contributed by atoms with E-state index in [9.17, 15) is 8.42 Å². The third-order valence-electron chi connectivity index (χ3n) is 3.05. The Kier molecular flexibility index (Phi) is 4.35. The van der Waals surface area contributed by atoms with Crippen molar-refractivity contribution in [2.45, 2.75) is 25.2 Å². The van der Waals surface area contributed by atoms with E-state index in [1.165, 1.54) is 11.8 Å². The number of rotatable bonds is 4. The second-order valence-corrected chi connectivity index (χ2v) is 6.25. The molecule has 0 atom stereocenters. The molecule has 3 nitrogen and oxygen atoms in total. The summed E-state index contributed by atoms with van der Waals surface area (Å²) in [5.74, 6) is 0. The first-order chi connectivity index (χ1) is 9.51. The molecule has 2 aromatic carbocycles. The Labute approximate surface area is 120 Å². The highest BCUT2D eigenvalue weighted by atomic mass is 32.2. The van der Waals surface area contributed by atoms with Crippen LogP contribution in [-0.2, 0) is 16.4 Å². The second-order valence-electron chi connectivity index (χ2n) is 4.62. The fourth-order valence-corrected chi connectivity index (χ4v) is 2.60. The monoisotopic (exact) mass is 287 g/mol. The van der Waals surface area contributed by atoms with Crippen LogP contribution < -0.4 is 0 Å². The fraction of sp³-hybridized carbons (Fsp3) is 0.188. The molecule has 4 heteroatoms. The predicted octanol–water partition coefficient (Wildman–Crippen LogP) is 3.37. The van der Waals surface area contributed by atoms with Gasteiger partial charge in [-0.1, -0.05) is 48.9 Å². The summed E-state index contributed by atoms with van der Waals surface area (Å²) in [4.78, 5) is 0.213. The van der Waals surface area contributed by atoms with Crippen LogP contribution in [0.1, 0.15) is 23.6 Å². The van der Waals surface area contributed by atoms with Gasteiger partial charge in [0.1, 0.15) is 0 Å². The highest BCUT2D eigenvalue weighted by molar-refractivity contribution is 7.90. The standard InChI is InChI=1S/C16H17NO2S/c1-3-14-6-8-15(9-7-14)12-17-20(18,19)16-10-4-13(2)5-11-16/h4-12H,3H2,1-2H3/b17-12-. The quantitative estimate of drug-likeness (QED) is 0.809. The molecule has 0 saturated carbocycles. The molecular formula is C16H17NO2S. The summed E-state index contributed by atoms with van der Waals surface area (Å²) in [5, 5.41) is 0. The molecule has 20 heavy (non-hydrogen) atoms. The normalized spacial score (nSPS) is 11.9. The number of sulfonamides is 1. The maximum Gasteiger partial charge on any atom is 0.282 e. The van der Waals surface area contributed by atoms with Crippen LogP contribution in [0.5, 0.6) is 0 Å². The molecule has 0 amide bonds. The van der Waals surface area contributed by atoms with E-state index in [0.29, 0.717) is 0 Å². The summed E-state index contributed by atoms with van der Waals surface area (Å²) < 4.78 is 27.8. The van der Waals surface area contributed by atoms with E-state index in [-0.39, 0.29) is 4.90 Å². The van der Waals surface area contributed by atoms with Crippen LogP contribution in [0.3, 0.4) is 0 Å². The Hall–Kier alpha value is -1.94. The smallest absolute Gasteiger partial charge is 0.199 e. The van der Waals surface area contributed by atoms with Crippen LogP contribution >= 0.6 is 0 Å². The van der Waals surface area contributed by atoms with E-state index >= 15 is 0 Å². The van der Waals surface area contributed by atoms with Gasteiger partial charge in [0.15, 0.2) is 0 Å². The number of benzene rings is 2. The van der Waals surface area contributed by atoms with Gasteiger partial charge in [-0.05, 0) is 36.6 Å². The summed E-state index contributed by atoms with van der Waals surface area (Å²) in [6.07, 6.45) is 2.34. The van der Waals surface area contributed by atoms with Gasteiger partial charge in [-0.3, -0.25) is 0 Å². The van der Waals surface area contributed by atoms with Crippen LogP contribution in [0.2, 0.25) is 0 Å². The molecule has 0 aliphatic carbocycles. The van der Waals surface area contributed by atoms with Crippen LogP contribution in [0.4, 0.5) is 0 Å². The topological polar surface area (TPSA) is 46.5 Å². The third-order valence-corrected chi connectivity index (χ3v) is 4.30. The van der Waals surface area contributed by atoms with E-state index < -0.39 is 10.0 Å². The minimum atomic E-state index is -3.62. The van der Waals surface area contributed by atoms with Crippen molar-refractivity contribution in [3.05, 3.63) is 65.2 Å². The van der Waals surface area contributed by atoms with Crippen molar-refractivity contribution in [1.82, 2.24) is 0 Å². The summed E-state index contributed by atoms with van der Waals surface area (Å²) >= 11 is 0. The molecule has 0 aliphatic rings. The molecule has 0 unspecified atom stereocenters. The maximum atomic E-state index is 12.0. The van der Waals surface area contributed by atoms with Gasteiger partial charge >= 0.3 is 0 Å². The molecule has 0 N–H and O–H groups in total. The lowest BCUT2D eigenvalue weighted by Gasteiger charge is -2.00. The first-order valence-electron chi connectivity index (χ1n) is 6.47. The number of aryl methyl sites for hydroxylation is 2. The maximum absolute atomic E-state index is 12.0. The minimum absolute atomic E-state index is 0.213. The van der Waals surface area contributed by atoms with Gasteiger partial charge in [0.05, 0.1) is 4.90 Å². The van der Waals surface area contributed by atoms with E-state index in [1.54, 1.807) is 24.3 Å². The van der Waals surface area contributed by atoms with Gasteiger partial charge in [-0.25, -0.2) is 0 Å². The number of hydrogen-bond donors (Lipinski definition) is 0. The Bertz CT molecular complexity index is 699. The molecule has 2 aromatic rings. The van der Waals surface area contributed by atoms with Crippen molar-refractivity contribution < 1.29 is 8.42 Å². The first kappa shape index (κ1) is 14.5. The second kappa shape index (κ2) is 6.01. The van der Waals surface area contributed by atoms with Crippen LogP contribution in [0.25, 0.3) is 0 Å². The zero-order valence-corrected chi connectivity index (χ0v) is 12.4. The van der Waals surface area contributed by atoms with Gasteiger partial charge < -0.3 is 0 Å². The highest BCUT2D eigenvalue weighted by Gasteiger charge is 2.10. The Morgan fingerprint density at radius 2 is 1.60 bits per heavy atom. The number of hydrogen-bond acceptors (Lipinski definition) is 2. The molecule has 0 aromatic heterocycles. The Morgan fingerprint density at radius 1 is 1.00 bits per heavy atom. The lowest BCUT2D eigenvalue weighted by molar-refractivity contribution is 0.598. The predicted molar refractivity (Wildman–Crippen MR) is 81.8 cm³/mol. The Balaban J connectivity index is 2.22.